The SMILES string of the molecule is CC(CO)NC(=O)c1cn(-c2c(Cl)cc(C(F)(F)F)cc2Cl)nc1C(F)F. The molecule has 1 amide bonds. The van der Waals surface area contributed by atoms with E-state index in [1.165, 1.54) is 6.92 Å². The molecule has 0 bridgehead atoms. The molecule has 2 rings (SSSR count). The van der Waals surface area contributed by atoms with Crippen LogP contribution < -0.4 is 5.32 Å². The Bertz CT molecular complexity index is 831. The van der Waals surface area contributed by atoms with Crippen LogP contribution in [0.1, 0.15) is 35.0 Å². The zero-order valence-corrected chi connectivity index (χ0v) is 15.0. The quantitative estimate of drug-likeness (QED) is 0.695. The summed E-state index contributed by atoms with van der Waals surface area (Å²) >= 11 is 11.7. The van der Waals surface area contributed by atoms with Crippen LogP contribution in [0.15, 0.2) is 18.3 Å². The Morgan fingerprint density at radius 2 is 1.85 bits per heavy atom. The molecule has 0 fully saturated rings. The van der Waals surface area contributed by atoms with Gasteiger partial charge in [0, 0.05) is 12.2 Å². The maximum absolute atomic E-state index is 13.2. The van der Waals surface area contributed by atoms with Crippen molar-refractivity contribution in [2.24, 2.45) is 0 Å². The van der Waals surface area contributed by atoms with E-state index in [2.05, 4.69) is 10.4 Å². The molecule has 0 aliphatic heterocycles. The molecule has 0 saturated carbocycles. The van der Waals surface area contributed by atoms with E-state index in [9.17, 15) is 26.7 Å². The van der Waals surface area contributed by atoms with Crippen molar-refractivity contribution in [3.8, 4) is 5.69 Å². The van der Waals surface area contributed by atoms with Gasteiger partial charge in [0.05, 0.1) is 27.8 Å². The number of amides is 1. The first-order valence-electron chi connectivity index (χ1n) is 7.31. The van der Waals surface area contributed by atoms with Crippen LogP contribution in [-0.2, 0) is 6.18 Å². The fraction of sp³-hybridized carbons (Fsp3) is 0.333. The first-order valence-corrected chi connectivity index (χ1v) is 8.07. The summed E-state index contributed by atoms with van der Waals surface area (Å²) in [6.07, 6.45) is -6.99. The fourth-order valence-electron chi connectivity index (χ4n) is 2.13. The molecule has 0 saturated heterocycles. The van der Waals surface area contributed by atoms with Crippen molar-refractivity contribution >= 4 is 29.1 Å². The van der Waals surface area contributed by atoms with E-state index in [-0.39, 0.29) is 5.69 Å². The summed E-state index contributed by atoms with van der Waals surface area (Å²) in [7, 11) is 0. The lowest BCUT2D eigenvalue weighted by molar-refractivity contribution is -0.137. The Morgan fingerprint density at radius 3 is 2.30 bits per heavy atom. The molecule has 0 radical (unpaired) electrons. The van der Waals surface area contributed by atoms with Crippen LogP contribution in [0.25, 0.3) is 5.69 Å². The highest BCUT2D eigenvalue weighted by molar-refractivity contribution is 6.37. The molecule has 27 heavy (non-hydrogen) atoms. The molecule has 5 nitrogen and oxygen atoms in total. The summed E-state index contributed by atoms with van der Waals surface area (Å²) in [5, 5.41) is 13.8. The minimum Gasteiger partial charge on any atom is -0.394 e. The highest BCUT2D eigenvalue weighted by Crippen LogP contribution is 2.38. The van der Waals surface area contributed by atoms with Crippen LogP contribution in [0.2, 0.25) is 10.0 Å². The molecule has 148 valence electrons. The number of hydrogen-bond acceptors (Lipinski definition) is 3. The molecule has 0 spiro atoms. The molecular weight excluding hydrogens is 420 g/mol. The average Bonchev–Trinajstić information content (AvgIpc) is 2.98. The number of benzene rings is 1. The maximum atomic E-state index is 13.2. The highest BCUT2D eigenvalue weighted by atomic mass is 35.5. The number of nitrogens with one attached hydrogen (secondary N) is 1. The Morgan fingerprint density at radius 1 is 1.30 bits per heavy atom. The molecular formula is C15H12Cl2F5N3O2. The zero-order valence-electron chi connectivity index (χ0n) is 13.5. The molecule has 1 unspecified atom stereocenters. The van der Waals surface area contributed by atoms with Crippen LogP contribution in [0.4, 0.5) is 22.0 Å². The first kappa shape index (κ1) is 21.4. The van der Waals surface area contributed by atoms with Crippen molar-refractivity contribution in [3.63, 3.8) is 0 Å². The van der Waals surface area contributed by atoms with Gasteiger partial charge >= 0.3 is 6.18 Å². The lowest BCUT2D eigenvalue weighted by atomic mass is 10.2. The van der Waals surface area contributed by atoms with Gasteiger partial charge in [-0.2, -0.15) is 18.3 Å². The molecule has 1 atom stereocenters. The van der Waals surface area contributed by atoms with E-state index in [1.54, 1.807) is 0 Å². The van der Waals surface area contributed by atoms with E-state index in [0.29, 0.717) is 16.8 Å². The number of aliphatic hydroxyl groups excluding tert-OH is 1. The number of rotatable bonds is 5. The van der Waals surface area contributed by atoms with Gasteiger partial charge < -0.3 is 10.4 Å². The third-order valence-corrected chi connectivity index (χ3v) is 4.00. The number of aromatic nitrogens is 2. The van der Waals surface area contributed by atoms with Crippen molar-refractivity contribution in [3.05, 3.63) is 45.2 Å². The fourth-order valence-corrected chi connectivity index (χ4v) is 2.79. The van der Waals surface area contributed by atoms with Crippen molar-refractivity contribution in [1.82, 2.24) is 15.1 Å². The molecule has 1 aromatic carbocycles. The second-order valence-corrected chi connectivity index (χ2v) is 6.33. The minimum absolute atomic E-state index is 0.289. The minimum atomic E-state index is -4.71. The standard InChI is InChI=1S/C15H12Cl2F5N3O2/c1-6(5-26)23-14(27)8-4-25(24-11(8)13(18)19)12-9(16)2-7(3-10(12)17)15(20,21)22/h2-4,6,13,26H,5H2,1H3,(H,23,27). The van der Waals surface area contributed by atoms with Gasteiger partial charge in [-0.1, -0.05) is 23.2 Å². The summed E-state index contributed by atoms with van der Waals surface area (Å²) in [5.74, 6) is -0.947. The molecule has 1 heterocycles. The second-order valence-electron chi connectivity index (χ2n) is 5.52. The normalized spacial score (nSPS) is 13.1. The molecule has 2 N–H and O–H groups in total. The van der Waals surface area contributed by atoms with E-state index in [4.69, 9.17) is 28.3 Å². The molecule has 1 aromatic heterocycles. The summed E-state index contributed by atoms with van der Waals surface area (Å²) in [4.78, 5) is 12.1. The second kappa shape index (κ2) is 7.99. The molecule has 0 aliphatic carbocycles. The molecule has 0 aliphatic rings. The van der Waals surface area contributed by atoms with Gasteiger partial charge in [0.25, 0.3) is 12.3 Å². The predicted molar refractivity (Wildman–Crippen MR) is 87.6 cm³/mol. The maximum Gasteiger partial charge on any atom is 0.416 e. The van der Waals surface area contributed by atoms with E-state index in [0.717, 1.165) is 6.20 Å². The predicted octanol–water partition coefficient (Wildman–Crippen LogP) is 4.25. The van der Waals surface area contributed by atoms with E-state index in [1.807, 2.05) is 0 Å². The summed E-state index contributed by atoms with van der Waals surface area (Å²) in [5.41, 5.74) is -2.86. The van der Waals surface area contributed by atoms with Crippen molar-refractivity contribution in [1.29, 1.82) is 0 Å². The van der Waals surface area contributed by atoms with Crippen molar-refractivity contribution in [2.45, 2.75) is 25.6 Å². The topological polar surface area (TPSA) is 67.2 Å². The van der Waals surface area contributed by atoms with Gasteiger partial charge in [0.15, 0.2) is 0 Å². The van der Waals surface area contributed by atoms with Crippen molar-refractivity contribution in [2.75, 3.05) is 6.61 Å². The lowest BCUT2D eigenvalue weighted by Gasteiger charge is -2.12. The van der Waals surface area contributed by atoms with Crippen LogP contribution in [0, 0.1) is 0 Å². The van der Waals surface area contributed by atoms with Crippen LogP contribution in [0.5, 0.6) is 0 Å². The number of hydrogen-bond donors (Lipinski definition) is 2. The van der Waals surface area contributed by atoms with E-state index >= 15 is 0 Å². The van der Waals surface area contributed by atoms with Gasteiger partial charge in [0.1, 0.15) is 11.4 Å². The number of carbonyl (C=O) groups excluding carboxylic acids is 1. The Balaban J connectivity index is 2.54. The third kappa shape index (κ3) is 4.69. The zero-order chi connectivity index (χ0) is 20.5. The number of aliphatic hydroxyl groups is 1. The summed E-state index contributed by atoms with van der Waals surface area (Å²) < 4.78 is 65.6. The Kier molecular flexibility index (Phi) is 6.33. The number of halogens is 7. The number of nitrogens with zero attached hydrogens (tertiary/aromatic N) is 2. The highest BCUT2D eigenvalue weighted by Gasteiger charge is 2.33. The van der Waals surface area contributed by atoms with Gasteiger partial charge in [-0.05, 0) is 19.1 Å². The van der Waals surface area contributed by atoms with Gasteiger partial charge in [-0.15, -0.1) is 0 Å². The van der Waals surface area contributed by atoms with Gasteiger partial charge in [-0.25, -0.2) is 13.5 Å². The average molecular weight is 432 g/mol. The van der Waals surface area contributed by atoms with E-state index < -0.39 is 58.0 Å². The monoisotopic (exact) mass is 431 g/mol. The van der Waals surface area contributed by atoms with Gasteiger partial charge in [0.2, 0.25) is 0 Å². The summed E-state index contributed by atoms with van der Waals surface area (Å²) in [6.45, 7) is 1.01. The Hall–Kier alpha value is -1.91. The Labute approximate surface area is 159 Å². The van der Waals surface area contributed by atoms with Crippen LogP contribution in [0.3, 0.4) is 0 Å². The summed E-state index contributed by atoms with van der Waals surface area (Å²) in [6, 6.07) is 0.421. The van der Waals surface area contributed by atoms with Gasteiger partial charge in [-0.3, -0.25) is 4.79 Å². The largest absolute Gasteiger partial charge is 0.416 e. The van der Waals surface area contributed by atoms with Crippen molar-refractivity contribution < 1.29 is 31.9 Å². The number of alkyl halides is 5. The first-order chi connectivity index (χ1) is 12.5. The molecule has 12 heteroatoms. The van der Waals surface area contributed by atoms with Crippen LogP contribution in [-0.4, -0.2) is 33.4 Å². The molecule has 2 aromatic rings. The van der Waals surface area contributed by atoms with Crippen LogP contribution >= 0.6 is 23.2 Å². The number of carbonyl (C=O) groups is 1. The smallest absolute Gasteiger partial charge is 0.394 e. The lowest BCUT2D eigenvalue weighted by Crippen LogP contribution is -2.35. The third-order valence-electron chi connectivity index (χ3n) is 3.42.